The SMILES string of the molecule is CCN(CC)CC.COC. The van der Waals surface area contributed by atoms with Crippen molar-refractivity contribution in [3.8, 4) is 0 Å². The van der Waals surface area contributed by atoms with Gasteiger partial charge in [-0.15, -0.1) is 0 Å². The Bertz CT molecular complexity index is 39.0. The first kappa shape index (κ1) is 12.6. The van der Waals surface area contributed by atoms with Gasteiger partial charge < -0.3 is 9.64 Å². The molecule has 0 rings (SSSR count). The lowest BCUT2D eigenvalue weighted by Crippen LogP contribution is -2.21. The van der Waals surface area contributed by atoms with Crippen molar-refractivity contribution in [1.82, 2.24) is 4.90 Å². The van der Waals surface area contributed by atoms with Gasteiger partial charge in [0.2, 0.25) is 0 Å². The summed E-state index contributed by atoms with van der Waals surface area (Å²) in [7, 11) is 3.25. The molecule has 0 aromatic carbocycles. The van der Waals surface area contributed by atoms with E-state index in [2.05, 4.69) is 30.4 Å². The maximum atomic E-state index is 4.25. The van der Waals surface area contributed by atoms with Crippen LogP contribution >= 0.6 is 0 Å². The number of rotatable bonds is 3. The zero-order valence-electron chi connectivity index (χ0n) is 7.98. The van der Waals surface area contributed by atoms with Crippen LogP contribution in [0.15, 0.2) is 0 Å². The summed E-state index contributed by atoms with van der Waals surface area (Å²) in [4.78, 5) is 2.38. The molecular weight excluding hydrogens is 126 g/mol. The maximum absolute atomic E-state index is 4.25. The summed E-state index contributed by atoms with van der Waals surface area (Å²) in [6.07, 6.45) is 0. The first-order chi connectivity index (χ1) is 4.76. The van der Waals surface area contributed by atoms with Gasteiger partial charge >= 0.3 is 0 Å². The molecule has 0 saturated carbocycles. The van der Waals surface area contributed by atoms with Crippen LogP contribution in [0.25, 0.3) is 0 Å². The highest BCUT2D eigenvalue weighted by Crippen LogP contribution is 1.81. The van der Waals surface area contributed by atoms with E-state index in [9.17, 15) is 0 Å². The highest BCUT2D eigenvalue weighted by atomic mass is 16.4. The summed E-state index contributed by atoms with van der Waals surface area (Å²) in [5, 5.41) is 0. The highest BCUT2D eigenvalue weighted by molar-refractivity contribution is 4.43. The van der Waals surface area contributed by atoms with Crippen molar-refractivity contribution < 1.29 is 4.74 Å². The van der Waals surface area contributed by atoms with E-state index in [-0.39, 0.29) is 0 Å². The predicted molar refractivity (Wildman–Crippen MR) is 46.4 cm³/mol. The van der Waals surface area contributed by atoms with E-state index in [1.165, 1.54) is 19.6 Å². The van der Waals surface area contributed by atoms with Gasteiger partial charge in [-0.05, 0) is 19.6 Å². The first-order valence-electron chi connectivity index (χ1n) is 3.89. The van der Waals surface area contributed by atoms with E-state index in [1.807, 2.05) is 0 Å². The van der Waals surface area contributed by atoms with Crippen LogP contribution in [-0.2, 0) is 4.74 Å². The van der Waals surface area contributed by atoms with Gasteiger partial charge in [0.25, 0.3) is 0 Å². The molecule has 0 unspecified atom stereocenters. The minimum atomic E-state index is 1.19. The van der Waals surface area contributed by atoms with Gasteiger partial charge in [0.1, 0.15) is 0 Å². The summed E-state index contributed by atoms with van der Waals surface area (Å²) < 4.78 is 4.25. The first-order valence-corrected chi connectivity index (χ1v) is 3.89. The second-order valence-electron chi connectivity index (χ2n) is 2.03. The second kappa shape index (κ2) is 11.7. The fourth-order valence-corrected chi connectivity index (χ4v) is 0.671. The molecule has 0 fully saturated rings. The molecule has 0 radical (unpaired) electrons. The van der Waals surface area contributed by atoms with Crippen LogP contribution in [0.3, 0.4) is 0 Å². The van der Waals surface area contributed by atoms with Crippen molar-refractivity contribution in [3.05, 3.63) is 0 Å². The maximum Gasteiger partial charge on any atom is 0.0351 e. The molecule has 0 aliphatic rings. The molecule has 0 aliphatic carbocycles. The van der Waals surface area contributed by atoms with Crippen LogP contribution in [0, 0.1) is 0 Å². The van der Waals surface area contributed by atoms with Crippen molar-refractivity contribution in [1.29, 1.82) is 0 Å². The average Bonchev–Trinajstić information content (AvgIpc) is 1.93. The molecule has 0 N–H and O–H groups in total. The number of methoxy groups -OCH3 is 1. The summed E-state index contributed by atoms with van der Waals surface area (Å²) in [5.74, 6) is 0. The van der Waals surface area contributed by atoms with E-state index in [0.29, 0.717) is 0 Å². The molecule has 0 atom stereocenters. The van der Waals surface area contributed by atoms with E-state index in [1.54, 1.807) is 14.2 Å². The van der Waals surface area contributed by atoms with Crippen molar-refractivity contribution in [3.63, 3.8) is 0 Å². The molecule has 10 heavy (non-hydrogen) atoms. The zero-order valence-corrected chi connectivity index (χ0v) is 7.98. The summed E-state index contributed by atoms with van der Waals surface area (Å²) in [6.45, 7) is 10.1. The van der Waals surface area contributed by atoms with Crippen molar-refractivity contribution >= 4 is 0 Å². The Balaban J connectivity index is 0. The quantitative estimate of drug-likeness (QED) is 0.601. The molecule has 0 spiro atoms. The number of hydrogen-bond donors (Lipinski definition) is 0. The van der Waals surface area contributed by atoms with E-state index in [0.717, 1.165) is 0 Å². The Kier molecular flexibility index (Phi) is 14.7. The van der Waals surface area contributed by atoms with E-state index in [4.69, 9.17) is 0 Å². The van der Waals surface area contributed by atoms with Crippen LogP contribution < -0.4 is 0 Å². The lowest BCUT2D eigenvalue weighted by Gasteiger charge is -2.13. The van der Waals surface area contributed by atoms with Gasteiger partial charge in [0, 0.05) is 14.2 Å². The van der Waals surface area contributed by atoms with Crippen LogP contribution in [0.4, 0.5) is 0 Å². The molecule has 0 bridgehead atoms. The predicted octanol–water partition coefficient (Wildman–Crippen LogP) is 1.61. The third-order valence-electron chi connectivity index (χ3n) is 1.34. The average molecular weight is 147 g/mol. The van der Waals surface area contributed by atoms with Crippen LogP contribution in [0.5, 0.6) is 0 Å². The van der Waals surface area contributed by atoms with Crippen LogP contribution in [0.1, 0.15) is 20.8 Å². The molecule has 0 aliphatic heterocycles. The molecule has 2 heteroatoms. The smallest absolute Gasteiger partial charge is 0.0351 e. The van der Waals surface area contributed by atoms with Gasteiger partial charge in [0.15, 0.2) is 0 Å². The standard InChI is InChI=1S/C6H15N.C2H6O/c1-4-7(5-2)6-3;1-3-2/h4-6H2,1-3H3;1-2H3. The minimum Gasteiger partial charge on any atom is -0.388 e. The second-order valence-corrected chi connectivity index (χ2v) is 2.03. The molecule has 0 amide bonds. The zero-order chi connectivity index (χ0) is 8.41. The lowest BCUT2D eigenvalue weighted by molar-refractivity contribution is 0.277. The largest absolute Gasteiger partial charge is 0.388 e. The highest BCUT2D eigenvalue weighted by Gasteiger charge is 1.89. The van der Waals surface area contributed by atoms with Gasteiger partial charge in [-0.3, -0.25) is 0 Å². The lowest BCUT2D eigenvalue weighted by atomic mass is 10.5. The molecule has 0 heterocycles. The topological polar surface area (TPSA) is 12.5 Å². The van der Waals surface area contributed by atoms with Crippen LogP contribution in [-0.4, -0.2) is 38.8 Å². The monoisotopic (exact) mass is 147 g/mol. The molecule has 0 aromatic rings. The Morgan fingerprint density at radius 2 is 1.10 bits per heavy atom. The molecular formula is C8H21NO. The third kappa shape index (κ3) is 10.8. The number of ether oxygens (including phenoxy) is 1. The Morgan fingerprint density at radius 3 is 1.10 bits per heavy atom. The van der Waals surface area contributed by atoms with Gasteiger partial charge in [0.05, 0.1) is 0 Å². The van der Waals surface area contributed by atoms with E-state index < -0.39 is 0 Å². The van der Waals surface area contributed by atoms with Gasteiger partial charge in [-0.2, -0.15) is 0 Å². The minimum absolute atomic E-state index is 1.19. The molecule has 0 aromatic heterocycles. The summed E-state index contributed by atoms with van der Waals surface area (Å²) in [5.41, 5.74) is 0. The fourth-order valence-electron chi connectivity index (χ4n) is 0.671. The molecule has 64 valence electrons. The van der Waals surface area contributed by atoms with E-state index >= 15 is 0 Å². The summed E-state index contributed by atoms with van der Waals surface area (Å²) >= 11 is 0. The summed E-state index contributed by atoms with van der Waals surface area (Å²) in [6, 6.07) is 0. The normalized spacial score (nSPS) is 9.00. The molecule has 0 saturated heterocycles. The van der Waals surface area contributed by atoms with Crippen LogP contribution in [0.2, 0.25) is 0 Å². The van der Waals surface area contributed by atoms with Gasteiger partial charge in [-0.25, -0.2) is 0 Å². The Labute approximate surface area is 65.2 Å². The molecule has 2 nitrogen and oxygen atoms in total. The number of hydrogen-bond acceptors (Lipinski definition) is 2. The van der Waals surface area contributed by atoms with Crippen molar-refractivity contribution in [2.45, 2.75) is 20.8 Å². The Morgan fingerprint density at radius 1 is 0.900 bits per heavy atom. The third-order valence-corrected chi connectivity index (χ3v) is 1.34. The Hall–Kier alpha value is -0.0800. The van der Waals surface area contributed by atoms with Crippen molar-refractivity contribution in [2.75, 3.05) is 33.9 Å². The van der Waals surface area contributed by atoms with Gasteiger partial charge in [-0.1, -0.05) is 20.8 Å². The number of nitrogens with zero attached hydrogens (tertiary/aromatic N) is 1. The fraction of sp³-hybridized carbons (Fsp3) is 1.00. The van der Waals surface area contributed by atoms with Crippen molar-refractivity contribution in [2.24, 2.45) is 0 Å².